The molecule has 0 aliphatic heterocycles. The molecule has 0 unspecified atom stereocenters. The van der Waals surface area contributed by atoms with Gasteiger partial charge in [0, 0.05) is 18.3 Å². The van der Waals surface area contributed by atoms with Crippen LogP contribution < -0.4 is 10.1 Å². The van der Waals surface area contributed by atoms with Gasteiger partial charge in [-0.25, -0.2) is 0 Å². The standard InChI is InChI=1S/C23H26FN5O4S/c1-4-16-5-8-18(9-6-16)33-13-21-26-27-23(28(21)12-15(2)3)34-14-22(30)25-17-7-10-19(24)20(11-17)29(31)32/h5-11,15H,4,12-14H2,1-3H3,(H,25,30). The summed E-state index contributed by atoms with van der Waals surface area (Å²) in [6, 6.07) is 11.1. The van der Waals surface area contributed by atoms with E-state index >= 15 is 0 Å². The van der Waals surface area contributed by atoms with Gasteiger partial charge in [-0.05, 0) is 42.2 Å². The highest BCUT2D eigenvalue weighted by atomic mass is 32.2. The maximum Gasteiger partial charge on any atom is 0.306 e. The molecular weight excluding hydrogens is 461 g/mol. The average molecular weight is 488 g/mol. The number of nitrogens with one attached hydrogen (secondary N) is 1. The number of benzene rings is 2. The van der Waals surface area contributed by atoms with Crippen LogP contribution in [0.4, 0.5) is 15.8 Å². The number of thioether (sulfide) groups is 1. The molecule has 0 spiro atoms. The summed E-state index contributed by atoms with van der Waals surface area (Å²) in [6.07, 6.45) is 0.954. The Morgan fingerprint density at radius 2 is 1.97 bits per heavy atom. The number of carbonyl (C=O) groups is 1. The summed E-state index contributed by atoms with van der Waals surface area (Å²) in [5, 5.41) is 22.5. The summed E-state index contributed by atoms with van der Waals surface area (Å²) in [7, 11) is 0. The fraction of sp³-hybridized carbons (Fsp3) is 0.348. The van der Waals surface area contributed by atoms with Crippen molar-refractivity contribution in [3.63, 3.8) is 0 Å². The van der Waals surface area contributed by atoms with Crippen molar-refractivity contribution in [3.8, 4) is 5.75 Å². The molecule has 3 rings (SSSR count). The van der Waals surface area contributed by atoms with Gasteiger partial charge < -0.3 is 14.6 Å². The number of amides is 1. The molecule has 2 aromatic carbocycles. The van der Waals surface area contributed by atoms with Crippen molar-refractivity contribution in [2.24, 2.45) is 5.92 Å². The minimum atomic E-state index is -0.963. The first kappa shape index (κ1) is 25.2. The lowest BCUT2D eigenvalue weighted by Gasteiger charge is -2.13. The minimum absolute atomic E-state index is 0.000734. The highest BCUT2D eigenvalue weighted by Gasteiger charge is 2.18. The summed E-state index contributed by atoms with van der Waals surface area (Å²) in [6.45, 7) is 7.10. The van der Waals surface area contributed by atoms with E-state index in [1.54, 1.807) is 0 Å². The first-order chi connectivity index (χ1) is 16.3. The number of hydrogen-bond acceptors (Lipinski definition) is 7. The molecule has 0 radical (unpaired) electrons. The molecule has 0 aliphatic rings. The molecule has 0 saturated heterocycles. The summed E-state index contributed by atoms with van der Waals surface area (Å²) in [5.41, 5.74) is 0.671. The molecule has 1 N–H and O–H groups in total. The Bertz CT molecular complexity index is 1150. The number of nitrogens with zero attached hydrogens (tertiary/aromatic N) is 4. The Hall–Kier alpha value is -3.47. The van der Waals surface area contributed by atoms with E-state index in [2.05, 4.69) is 36.3 Å². The topological polar surface area (TPSA) is 112 Å². The molecule has 11 heteroatoms. The van der Waals surface area contributed by atoms with Gasteiger partial charge in [0.15, 0.2) is 11.0 Å². The first-order valence-corrected chi connectivity index (χ1v) is 11.8. The van der Waals surface area contributed by atoms with Gasteiger partial charge in [0.25, 0.3) is 0 Å². The largest absolute Gasteiger partial charge is 0.486 e. The molecule has 1 aromatic heterocycles. The lowest BCUT2D eigenvalue weighted by Crippen LogP contribution is -2.16. The zero-order valence-electron chi connectivity index (χ0n) is 19.2. The van der Waals surface area contributed by atoms with E-state index in [0.717, 1.165) is 24.3 Å². The normalized spacial score (nSPS) is 11.0. The SMILES string of the molecule is CCc1ccc(OCc2nnc(SCC(=O)Nc3ccc(F)c([N+](=O)[O-])c3)n2CC(C)C)cc1. The summed E-state index contributed by atoms with van der Waals surface area (Å²) in [4.78, 5) is 22.4. The third-order valence-electron chi connectivity index (χ3n) is 4.80. The highest BCUT2D eigenvalue weighted by molar-refractivity contribution is 7.99. The van der Waals surface area contributed by atoms with Crippen LogP contribution in [-0.2, 0) is 24.4 Å². The molecule has 0 fully saturated rings. The second-order valence-corrected chi connectivity index (χ2v) is 8.89. The van der Waals surface area contributed by atoms with Crippen molar-refractivity contribution >= 4 is 29.0 Å². The number of carbonyl (C=O) groups excluding carboxylic acids is 1. The van der Waals surface area contributed by atoms with Gasteiger partial charge in [0.2, 0.25) is 11.7 Å². The molecule has 3 aromatic rings. The molecule has 0 atom stereocenters. The zero-order valence-corrected chi connectivity index (χ0v) is 20.0. The molecule has 0 aliphatic carbocycles. The third kappa shape index (κ3) is 6.77. The lowest BCUT2D eigenvalue weighted by molar-refractivity contribution is -0.387. The molecule has 0 saturated carbocycles. The van der Waals surface area contributed by atoms with Crippen LogP contribution in [0.5, 0.6) is 5.75 Å². The van der Waals surface area contributed by atoms with Crippen LogP contribution in [0, 0.1) is 21.8 Å². The Balaban J connectivity index is 1.64. The maximum absolute atomic E-state index is 13.5. The lowest BCUT2D eigenvalue weighted by atomic mass is 10.2. The molecule has 1 amide bonds. The van der Waals surface area contributed by atoms with Crippen LogP contribution in [0.3, 0.4) is 0 Å². The van der Waals surface area contributed by atoms with Crippen molar-refractivity contribution in [1.29, 1.82) is 0 Å². The van der Waals surface area contributed by atoms with Crippen molar-refractivity contribution in [2.75, 3.05) is 11.1 Å². The Morgan fingerprint density at radius 3 is 2.62 bits per heavy atom. The van der Waals surface area contributed by atoms with Crippen LogP contribution in [0.1, 0.15) is 32.2 Å². The van der Waals surface area contributed by atoms with E-state index in [0.29, 0.717) is 23.4 Å². The van der Waals surface area contributed by atoms with E-state index in [9.17, 15) is 19.3 Å². The Morgan fingerprint density at radius 1 is 1.24 bits per heavy atom. The van der Waals surface area contributed by atoms with Crippen LogP contribution in [0.15, 0.2) is 47.6 Å². The molecular formula is C23H26FN5O4S. The Labute approximate surface area is 200 Å². The van der Waals surface area contributed by atoms with E-state index in [1.165, 1.54) is 23.4 Å². The molecule has 9 nitrogen and oxygen atoms in total. The van der Waals surface area contributed by atoms with Gasteiger partial charge in [-0.2, -0.15) is 4.39 Å². The van der Waals surface area contributed by atoms with Gasteiger partial charge in [-0.3, -0.25) is 14.9 Å². The van der Waals surface area contributed by atoms with Crippen LogP contribution >= 0.6 is 11.8 Å². The highest BCUT2D eigenvalue weighted by Crippen LogP contribution is 2.23. The monoisotopic (exact) mass is 487 g/mol. The van der Waals surface area contributed by atoms with Gasteiger partial charge in [0.05, 0.1) is 10.7 Å². The van der Waals surface area contributed by atoms with E-state index in [4.69, 9.17) is 4.74 Å². The number of aromatic nitrogens is 3. The summed E-state index contributed by atoms with van der Waals surface area (Å²) < 4.78 is 21.3. The van der Waals surface area contributed by atoms with Crippen LogP contribution in [-0.4, -0.2) is 31.3 Å². The minimum Gasteiger partial charge on any atom is -0.486 e. The quantitative estimate of drug-likeness (QED) is 0.234. The summed E-state index contributed by atoms with van der Waals surface area (Å²) >= 11 is 1.19. The number of anilines is 1. The van der Waals surface area contributed by atoms with Crippen LogP contribution in [0.25, 0.3) is 0 Å². The fourth-order valence-electron chi connectivity index (χ4n) is 3.11. The number of aryl methyl sites for hydroxylation is 1. The van der Waals surface area contributed by atoms with Crippen molar-refractivity contribution in [2.45, 2.75) is 45.5 Å². The number of ether oxygens (including phenoxy) is 1. The maximum atomic E-state index is 13.5. The summed E-state index contributed by atoms with van der Waals surface area (Å²) in [5.74, 6) is 0.324. The van der Waals surface area contributed by atoms with Gasteiger partial charge in [-0.1, -0.05) is 44.7 Å². The first-order valence-electron chi connectivity index (χ1n) is 10.8. The number of rotatable bonds is 11. The van der Waals surface area contributed by atoms with E-state index in [-0.39, 0.29) is 18.0 Å². The predicted molar refractivity (Wildman–Crippen MR) is 127 cm³/mol. The molecule has 1 heterocycles. The van der Waals surface area contributed by atoms with Crippen LogP contribution in [0.2, 0.25) is 0 Å². The van der Waals surface area contributed by atoms with E-state index in [1.807, 2.05) is 28.8 Å². The number of hydrogen-bond donors (Lipinski definition) is 1. The van der Waals surface area contributed by atoms with Gasteiger partial charge in [-0.15, -0.1) is 10.2 Å². The molecule has 0 bridgehead atoms. The average Bonchev–Trinajstić information content (AvgIpc) is 3.18. The predicted octanol–water partition coefficient (Wildman–Crippen LogP) is 4.85. The van der Waals surface area contributed by atoms with Crippen molar-refractivity contribution < 1.29 is 18.8 Å². The second-order valence-electron chi connectivity index (χ2n) is 7.95. The van der Waals surface area contributed by atoms with Gasteiger partial charge in [0.1, 0.15) is 12.4 Å². The van der Waals surface area contributed by atoms with Gasteiger partial charge >= 0.3 is 5.69 Å². The van der Waals surface area contributed by atoms with Crippen molar-refractivity contribution in [1.82, 2.24) is 14.8 Å². The molecule has 180 valence electrons. The third-order valence-corrected chi connectivity index (χ3v) is 5.77. The smallest absolute Gasteiger partial charge is 0.306 e. The number of halogens is 1. The number of nitro benzene ring substituents is 1. The second kappa shape index (κ2) is 11.6. The fourth-order valence-corrected chi connectivity index (χ4v) is 3.87. The zero-order chi connectivity index (χ0) is 24.7. The van der Waals surface area contributed by atoms with Crippen molar-refractivity contribution in [3.05, 3.63) is 69.8 Å². The van der Waals surface area contributed by atoms with E-state index < -0.39 is 22.3 Å². The number of nitro groups is 1. The Kier molecular flexibility index (Phi) is 8.58. The molecule has 34 heavy (non-hydrogen) atoms.